The smallest absolute Gasteiger partial charge is 0.216 e. The Hall–Kier alpha value is -1.80. The Labute approximate surface area is 141 Å². The first-order valence-electron chi connectivity index (χ1n) is 8.14. The maximum atomic E-state index is 13.6. The number of hydrogen-bond donors (Lipinski definition) is 1. The average Bonchev–Trinajstić information content (AvgIpc) is 3.05. The number of aromatic nitrogens is 3. The van der Waals surface area contributed by atoms with E-state index < -0.39 is 21.6 Å². The fraction of sp³-hybridized carbons (Fsp3) is 0.500. The molecule has 3 rings (SSSR count). The van der Waals surface area contributed by atoms with Gasteiger partial charge in [0.1, 0.15) is 18.0 Å². The quantitative estimate of drug-likeness (QED) is 0.867. The first-order valence-corrected chi connectivity index (χ1v) is 9.79. The minimum Gasteiger partial charge on any atom is -0.313 e. The van der Waals surface area contributed by atoms with Crippen molar-refractivity contribution in [1.82, 2.24) is 19.5 Å². The highest BCUT2D eigenvalue weighted by molar-refractivity contribution is 7.88. The van der Waals surface area contributed by atoms with Gasteiger partial charge in [0.25, 0.3) is 0 Å². The molecule has 0 bridgehead atoms. The van der Waals surface area contributed by atoms with Crippen LogP contribution in [0, 0.1) is 5.82 Å². The molecule has 1 aliphatic rings. The van der Waals surface area contributed by atoms with Crippen molar-refractivity contribution in [2.75, 3.05) is 0 Å². The van der Waals surface area contributed by atoms with Crippen molar-refractivity contribution in [2.24, 2.45) is 0 Å². The zero-order valence-corrected chi connectivity index (χ0v) is 14.2. The molecule has 8 heteroatoms. The summed E-state index contributed by atoms with van der Waals surface area (Å²) in [6.07, 6.45) is 7.36. The first kappa shape index (κ1) is 17.0. The lowest BCUT2D eigenvalue weighted by Gasteiger charge is -2.24. The van der Waals surface area contributed by atoms with Crippen LogP contribution in [0.5, 0.6) is 0 Å². The third-order valence-corrected chi connectivity index (χ3v) is 5.64. The van der Waals surface area contributed by atoms with Gasteiger partial charge in [-0.25, -0.2) is 17.5 Å². The van der Waals surface area contributed by atoms with Crippen molar-refractivity contribution in [3.05, 3.63) is 47.8 Å². The molecule has 1 N–H and O–H groups in total. The molecule has 24 heavy (non-hydrogen) atoms. The van der Waals surface area contributed by atoms with E-state index in [4.69, 9.17) is 0 Å². The maximum absolute atomic E-state index is 13.6. The highest BCUT2D eigenvalue weighted by atomic mass is 32.2. The number of halogens is 1. The van der Waals surface area contributed by atoms with Crippen LogP contribution in [0.3, 0.4) is 0 Å². The number of hydrogen-bond acceptors (Lipinski definition) is 4. The highest BCUT2D eigenvalue weighted by Gasteiger charge is 2.20. The Morgan fingerprint density at radius 2 is 1.96 bits per heavy atom. The fourth-order valence-electron chi connectivity index (χ4n) is 3.10. The Morgan fingerprint density at radius 1 is 1.21 bits per heavy atom. The summed E-state index contributed by atoms with van der Waals surface area (Å²) in [5, 5.41) is 7.95. The Balaban J connectivity index is 1.65. The molecule has 0 radical (unpaired) electrons. The summed E-state index contributed by atoms with van der Waals surface area (Å²) in [5.41, 5.74) is 0.152. The standard InChI is InChI=1S/C16H21FN4O2S/c17-15-9-5-4-6-13(15)11-24(22,23)19-10-16-20-18-12-21(16)14-7-2-1-3-8-14/h4-6,9,12,14,19H,1-3,7-8,10-11H2. The molecular weight excluding hydrogens is 331 g/mol. The highest BCUT2D eigenvalue weighted by Crippen LogP contribution is 2.28. The maximum Gasteiger partial charge on any atom is 0.216 e. The number of benzene rings is 1. The molecule has 6 nitrogen and oxygen atoms in total. The summed E-state index contributed by atoms with van der Waals surface area (Å²) < 4.78 is 42.5. The predicted molar refractivity (Wildman–Crippen MR) is 88.0 cm³/mol. The SMILES string of the molecule is O=S(=O)(Cc1ccccc1F)NCc1nncn1C1CCCCC1. The normalized spacial score (nSPS) is 16.4. The van der Waals surface area contributed by atoms with E-state index in [1.807, 2.05) is 4.57 Å². The van der Waals surface area contributed by atoms with Gasteiger partial charge in [-0.15, -0.1) is 10.2 Å². The van der Waals surface area contributed by atoms with E-state index in [1.165, 1.54) is 37.5 Å². The van der Waals surface area contributed by atoms with Gasteiger partial charge in [0.05, 0.1) is 12.3 Å². The van der Waals surface area contributed by atoms with E-state index in [0.717, 1.165) is 12.8 Å². The molecule has 1 aromatic heterocycles. The molecule has 1 saturated carbocycles. The van der Waals surface area contributed by atoms with Gasteiger partial charge in [-0.1, -0.05) is 37.5 Å². The lowest BCUT2D eigenvalue weighted by Crippen LogP contribution is -2.27. The van der Waals surface area contributed by atoms with Crippen LogP contribution in [0.1, 0.15) is 49.5 Å². The molecule has 1 heterocycles. The van der Waals surface area contributed by atoms with Gasteiger partial charge in [0.15, 0.2) is 0 Å². The van der Waals surface area contributed by atoms with Crippen molar-refractivity contribution in [1.29, 1.82) is 0 Å². The largest absolute Gasteiger partial charge is 0.313 e. The number of nitrogens with one attached hydrogen (secondary N) is 1. The monoisotopic (exact) mass is 352 g/mol. The summed E-state index contributed by atoms with van der Waals surface area (Å²) in [6, 6.07) is 6.21. The minimum absolute atomic E-state index is 0.0628. The van der Waals surface area contributed by atoms with Crippen LogP contribution in [-0.4, -0.2) is 23.2 Å². The molecule has 0 unspecified atom stereocenters. The van der Waals surface area contributed by atoms with E-state index in [1.54, 1.807) is 12.4 Å². The number of rotatable bonds is 6. The molecule has 1 aromatic carbocycles. The second-order valence-corrected chi connectivity index (χ2v) is 7.92. The van der Waals surface area contributed by atoms with Crippen LogP contribution in [-0.2, 0) is 22.3 Å². The van der Waals surface area contributed by atoms with Gasteiger partial charge >= 0.3 is 0 Å². The van der Waals surface area contributed by atoms with Crippen molar-refractivity contribution in [3.63, 3.8) is 0 Å². The van der Waals surface area contributed by atoms with Crippen molar-refractivity contribution in [2.45, 2.75) is 50.4 Å². The lowest BCUT2D eigenvalue weighted by atomic mass is 9.95. The number of sulfonamides is 1. The molecule has 0 saturated heterocycles. The molecule has 0 atom stereocenters. The molecule has 0 aliphatic heterocycles. The number of nitrogens with zero attached hydrogens (tertiary/aromatic N) is 3. The fourth-order valence-corrected chi connectivity index (χ4v) is 4.20. The van der Waals surface area contributed by atoms with Gasteiger partial charge < -0.3 is 4.57 Å². The second-order valence-electron chi connectivity index (χ2n) is 6.12. The third kappa shape index (κ3) is 4.18. The van der Waals surface area contributed by atoms with Gasteiger partial charge in [0.2, 0.25) is 10.0 Å². The summed E-state index contributed by atoms with van der Waals surface area (Å²) in [6.45, 7) is 0.0628. The summed E-state index contributed by atoms with van der Waals surface area (Å²) in [5.74, 6) is -0.315. The van der Waals surface area contributed by atoms with Crippen LogP contribution in [0.2, 0.25) is 0 Å². The molecule has 130 valence electrons. The molecule has 0 amide bonds. The van der Waals surface area contributed by atoms with Crippen LogP contribution < -0.4 is 4.72 Å². The molecule has 1 aliphatic carbocycles. The van der Waals surface area contributed by atoms with Gasteiger partial charge in [0, 0.05) is 11.6 Å². The molecule has 2 aromatic rings. The minimum atomic E-state index is -3.65. The zero-order chi connectivity index (χ0) is 17.0. The van der Waals surface area contributed by atoms with Crippen LogP contribution >= 0.6 is 0 Å². The molecule has 1 fully saturated rings. The van der Waals surface area contributed by atoms with E-state index in [0.29, 0.717) is 11.9 Å². The predicted octanol–water partition coefficient (Wildman–Crippen LogP) is 2.54. The Morgan fingerprint density at radius 3 is 2.71 bits per heavy atom. The van der Waals surface area contributed by atoms with E-state index >= 15 is 0 Å². The topological polar surface area (TPSA) is 76.9 Å². The Bertz CT molecular complexity index is 785. The summed E-state index contributed by atoms with van der Waals surface area (Å²) >= 11 is 0. The van der Waals surface area contributed by atoms with Gasteiger partial charge in [-0.05, 0) is 18.9 Å². The summed E-state index contributed by atoms with van der Waals surface area (Å²) in [7, 11) is -3.65. The van der Waals surface area contributed by atoms with Crippen molar-refractivity contribution < 1.29 is 12.8 Å². The first-order chi connectivity index (χ1) is 11.6. The average molecular weight is 352 g/mol. The van der Waals surface area contributed by atoms with Crippen LogP contribution in [0.4, 0.5) is 4.39 Å². The van der Waals surface area contributed by atoms with Gasteiger partial charge in [-0.2, -0.15) is 0 Å². The van der Waals surface area contributed by atoms with E-state index in [9.17, 15) is 12.8 Å². The van der Waals surface area contributed by atoms with Crippen LogP contribution in [0.25, 0.3) is 0 Å². The van der Waals surface area contributed by atoms with Gasteiger partial charge in [-0.3, -0.25) is 0 Å². The van der Waals surface area contributed by atoms with Crippen LogP contribution in [0.15, 0.2) is 30.6 Å². The van der Waals surface area contributed by atoms with E-state index in [2.05, 4.69) is 14.9 Å². The Kier molecular flexibility index (Phi) is 5.25. The lowest BCUT2D eigenvalue weighted by molar-refractivity contribution is 0.344. The zero-order valence-electron chi connectivity index (χ0n) is 13.4. The summed E-state index contributed by atoms with van der Waals surface area (Å²) in [4.78, 5) is 0. The third-order valence-electron chi connectivity index (χ3n) is 4.37. The van der Waals surface area contributed by atoms with Crippen molar-refractivity contribution in [3.8, 4) is 0 Å². The second kappa shape index (κ2) is 7.40. The molecular formula is C16H21FN4O2S. The van der Waals surface area contributed by atoms with E-state index in [-0.39, 0.29) is 12.1 Å². The molecule has 0 spiro atoms. The van der Waals surface area contributed by atoms with Crippen molar-refractivity contribution >= 4 is 10.0 Å².